The topological polar surface area (TPSA) is 30.3 Å². The van der Waals surface area contributed by atoms with Crippen molar-refractivity contribution >= 4 is 0 Å². The molecule has 1 unspecified atom stereocenters. The molecular weight excluding hydrogens is 238 g/mol. The van der Waals surface area contributed by atoms with E-state index in [0.29, 0.717) is 6.04 Å². The van der Waals surface area contributed by atoms with Crippen LogP contribution in [0.2, 0.25) is 0 Å². The average molecular weight is 265 g/mol. The van der Waals surface area contributed by atoms with E-state index >= 15 is 0 Å². The van der Waals surface area contributed by atoms with E-state index in [1.807, 2.05) is 24.7 Å². The number of hydrogen-bond acceptors (Lipinski definition) is 3. The summed E-state index contributed by atoms with van der Waals surface area (Å²) in [5.74, 6) is 0.981. The third-order valence-corrected chi connectivity index (χ3v) is 3.80. The molecule has 19 heavy (non-hydrogen) atoms. The molecule has 3 rings (SSSR count). The van der Waals surface area contributed by atoms with Crippen LogP contribution < -0.4 is 4.74 Å². The minimum Gasteiger partial charge on any atom is -0.476 e. The Bertz CT molecular complexity index is 416. The van der Waals surface area contributed by atoms with Crippen LogP contribution in [-0.4, -0.2) is 40.4 Å². The van der Waals surface area contributed by atoms with Crippen molar-refractivity contribution in [1.82, 2.24) is 14.7 Å². The first kappa shape index (κ1) is 14.4. The second-order valence-corrected chi connectivity index (χ2v) is 6.15. The molecule has 1 fully saturated rings. The smallest absolute Gasteiger partial charge is 0.215 e. The van der Waals surface area contributed by atoms with E-state index in [1.54, 1.807) is 0 Å². The summed E-state index contributed by atoms with van der Waals surface area (Å²) in [4.78, 5) is 2.49. The van der Waals surface area contributed by atoms with Gasteiger partial charge in [-0.3, -0.25) is 4.90 Å². The molecule has 2 aliphatic heterocycles. The lowest BCUT2D eigenvalue weighted by Gasteiger charge is -2.40. The van der Waals surface area contributed by atoms with Crippen LogP contribution in [0.3, 0.4) is 0 Å². The van der Waals surface area contributed by atoms with Crippen LogP contribution in [0.4, 0.5) is 0 Å². The zero-order chi connectivity index (χ0) is 14.0. The molecule has 3 heterocycles. The van der Waals surface area contributed by atoms with E-state index in [2.05, 4.69) is 30.8 Å². The number of hydrogen-bond donors (Lipinski definition) is 0. The van der Waals surface area contributed by atoms with E-state index < -0.39 is 0 Å². The number of rotatable bonds is 1. The molecule has 0 aromatic carbocycles. The summed E-state index contributed by atoms with van der Waals surface area (Å²) in [6.45, 7) is 14.8. The molecule has 0 amide bonds. The van der Waals surface area contributed by atoms with Crippen molar-refractivity contribution in [3.63, 3.8) is 0 Å². The predicted molar refractivity (Wildman–Crippen MR) is 77.7 cm³/mol. The van der Waals surface area contributed by atoms with Crippen molar-refractivity contribution in [3.05, 3.63) is 11.8 Å². The third kappa shape index (κ3) is 2.78. The molecule has 1 aromatic heterocycles. The molecule has 1 aromatic rings. The lowest BCUT2D eigenvalue weighted by Crippen LogP contribution is -2.51. The van der Waals surface area contributed by atoms with Crippen molar-refractivity contribution in [2.24, 2.45) is 0 Å². The van der Waals surface area contributed by atoms with Crippen LogP contribution >= 0.6 is 0 Å². The maximum absolute atomic E-state index is 5.95. The van der Waals surface area contributed by atoms with Crippen molar-refractivity contribution in [1.29, 1.82) is 0 Å². The van der Waals surface area contributed by atoms with Crippen LogP contribution in [0.15, 0.2) is 6.20 Å². The fourth-order valence-electron chi connectivity index (χ4n) is 2.53. The van der Waals surface area contributed by atoms with Crippen molar-refractivity contribution in [3.8, 4) is 5.88 Å². The zero-order valence-corrected chi connectivity index (χ0v) is 12.9. The molecule has 0 aliphatic carbocycles. The Kier molecular flexibility index (Phi) is 4.19. The Hall–Kier alpha value is -1.03. The van der Waals surface area contributed by atoms with Gasteiger partial charge < -0.3 is 4.74 Å². The SMILES string of the molecule is CC.CC(C)(C)c1cnn2c1OCC(N1CCC1)C2. The maximum Gasteiger partial charge on any atom is 0.215 e. The third-order valence-electron chi connectivity index (χ3n) is 3.80. The highest BCUT2D eigenvalue weighted by Gasteiger charge is 2.32. The zero-order valence-electron chi connectivity index (χ0n) is 12.9. The van der Waals surface area contributed by atoms with Crippen LogP contribution in [0.5, 0.6) is 5.88 Å². The molecule has 4 nitrogen and oxygen atoms in total. The van der Waals surface area contributed by atoms with Gasteiger partial charge in [0.05, 0.1) is 18.8 Å². The van der Waals surface area contributed by atoms with Gasteiger partial charge in [0.25, 0.3) is 0 Å². The summed E-state index contributed by atoms with van der Waals surface area (Å²) in [7, 11) is 0. The Morgan fingerprint density at radius 2 is 1.95 bits per heavy atom. The van der Waals surface area contributed by atoms with E-state index in [-0.39, 0.29) is 5.41 Å². The van der Waals surface area contributed by atoms with Gasteiger partial charge in [-0.05, 0) is 24.9 Å². The van der Waals surface area contributed by atoms with E-state index in [4.69, 9.17) is 4.74 Å². The van der Waals surface area contributed by atoms with E-state index in [0.717, 1.165) is 19.0 Å². The van der Waals surface area contributed by atoms with Gasteiger partial charge in [0.2, 0.25) is 5.88 Å². The standard InChI is InChI=1S/C13H21N3O.C2H6/c1-13(2,3)11-7-14-16-8-10(9-17-12(11)16)15-5-4-6-15;1-2/h7,10H,4-6,8-9H2,1-3H3;1-2H3. The van der Waals surface area contributed by atoms with Crippen LogP contribution in [0.1, 0.15) is 46.6 Å². The minimum absolute atomic E-state index is 0.108. The Morgan fingerprint density at radius 3 is 2.47 bits per heavy atom. The summed E-state index contributed by atoms with van der Waals surface area (Å²) in [5.41, 5.74) is 1.33. The van der Waals surface area contributed by atoms with Gasteiger partial charge >= 0.3 is 0 Å². The largest absolute Gasteiger partial charge is 0.476 e. The maximum atomic E-state index is 5.95. The fraction of sp³-hybridized carbons (Fsp3) is 0.800. The van der Waals surface area contributed by atoms with Crippen LogP contribution in [-0.2, 0) is 12.0 Å². The van der Waals surface area contributed by atoms with Gasteiger partial charge in [-0.2, -0.15) is 5.10 Å². The molecule has 1 saturated heterocycles. The molecule has 4 heteroatoms. The lowest BCUT2D eigenvalue weighted by atomic mass is 9.89. The number of nitrogens with zero attached hydrogens (tertiary/aromatic N) is 3. The first-order valence-corrected chi connectivity index (χ1v) is 7.49. The van der Waals surface area contributed by atoms with Crippen molar-refractivity contribution in [2.75, 3.05) is 19.7 Å². The molecule has 0 bridgehead atoms. The molecule has 0 spiro atoms. The number of likely N-dealkylation sites (tertiary alicyclic amines) is 1. The molecule has 2 aliphatic rings. The van der Waals surface area contributed by atoms with Gasteiger partial charge in [0.1, 0.15) is 6.61 Å². The number of fused-ring (bicyclic) bond motifs is 1. The van der Waals surface area contributed by atoms with Gasteiger partial charge in [0, 0.05) is 5.56 Å². The van der Waals surface area contributed by atoms with Gasteiger partial charge in [-0.15, -0.1) is 0 Å². The normalized spacial score (nSPS) is 22.7. The van der Waals surface area contributed by atoms with E-state index in [9.17, 15) is 0 Å². The minimum atomic E-state index is 0.108. The summed E-state index contributed by atoms with van der Waals surface area (Å²) in [6, 6.07) is 0.518. The first-order chi connectivity index (χ1) is 9.05. The molecule has 1 atom stereocenters. The summed E-state index contributed by atoms with van der Waals surface area (Å²) < 4.78 is 7.98. The number of aromatic nitrogens is 2. The Morgan fingerprint density at radius 1 is 1.26 bits per heavy atom. The molecule has 108 valence electrons. The van der Waals surface area contributed by atoms with Gasteiger partial charge in [0.15, 0.2) is 0 Å². The van der Waals surface area contributed by atoms with E-state index in [1.165, 1.54) is 25.1 Å². The fourth-order valence-corrected chi connectivity index (χ4v) is 2.53. The molecule has 0 N–H and O–H groups in total. The highest BCUT2D eigenvalue weighted by Crippen LogP contribution is 2.33. The molecule has 0 radical (unpaired) electrons. The van der Waals surface area contributed by atoms with Gasteiger partial charge in [-0.1, -0.05) is 34.6 Å². The monoisotopic (exact) mass is 265 g/mol. The van der Waals surface area contributed by atoms with Gasteiger partial charge in [-0.25, -0.2) is 4.68 Å². The second kappa shape index (κ2) is 5.53. The Balaban J connectivity index is 0.000000637. The van der Waals surface area contributed by atoms with Crippen LogP contribution in [0.25, 0.3) is 0 Å². The summed E-state index contributed by atoms with van der Waals surface area (Å²) in [6.07, 6.45) is 3.30. The average Bonchev–Trinajstić information content (AvgIpc) is 2.72. The number of ether oxygens (including phenoxy) is 1. The highest BCUT2D eigenvalue weighted by atomic mass is 16.5. The molecular formula is C15H27N3O. The highest BCUT2D eigenvalue weighted by molar-refractivity contribution is 5.32. The van der Waals surface area contributed by atoms with Crippen molar-refractivity contribution in [2.45, 2.75) is 59.0 Å². The molecule has 0 saturated carbocycles. The quantitative estimate of drug-likeness (QED) is 0.782. The lowest BCUT2D eigenvalue weighted by molar-refractivity contribution is 0.0422. The van der Waals surface area contributed by atoms with Crippen molar-refractivity contribution < 1.29 is 4.74 Å². The van der Waals surface area contributed by atoms with Crippen LogP contribution in [0, 0.1) is 0 Å². The summed E-state index contributed by atoms with van der Waals surface area (Å²) >= 11 is 0. The Labute approximate surface area is 116 Å². The summed E-state index contributed by atoms with van der Waals surface area (Å²) in [5, 5.41) is 4.48. The first-order valence-electron chi connectivity index (χ1n) is 7.49. The predicted octanol–water partition coefficient (Wildman–Crippen LogP) is 2.67. The second-order valence-electron chi connectivity index (χ2n) is 6.15.